The van der Waals surface area contributed by atoms with Gasteiger partial charge in [0, 0.05) is 0 Å². The molecule has 2 unspecified atom stereocenters. The molecule has 20 heavy (non-hydrogen) atoms. The molecule has 0 amide bonds. The zero-order chi connectivity index (χ0) is 15.2. The Morgan fingerprint density at radius 2 is 1.80 bits per heavy atom. The van der Waals surface area contributed by atoms with Crippen molar-refractivity contribution in [2.45, 2.75) is 32.7 Å². The lowest BCUT2D eigenvalue weighted by molar-refractivity contribution is -0.147. The summed E-state index contributed by atoms with van der Waals surface area (Å²) in [4.78, 5) is 11.7. The van der Waals surface area contributed by atoms with Crippen molar-refractivity contribution < 1.29 is 14.0 Å². The van der Waals surface area contributed by atoms with E-state index in [4.69, 9.17) is 9.16 Å². The van der Waals surface area contributed by atoms with Gasteiger partial charge in [-0.2, -0.15) is 0 Å². The van der Waals surface area contributed by atoms with Gasteiger partial charge in [0.2, 0.25) is 0 Å². The highest BCUT2D eigenvalue weighted by Crippen LogP contribution is 2.18. The topological polar surface area (TPSA) is 35.5 Å². The van der Waals surface area contributed by atoms with E-state index in [9.17, 15) is 4.79 Å². The molecule has 0 saturated heterocycles. The van der Waals surface area contributed by atoms with Crippen LogP contribution in [-0.2, 0) is 14.0 Å². The van der Waals surface area contributed by atoms with Crippen molar-refractivity contribution in [2.75, 3.05) is 7.11 Å². The standard InChI is InChI=1S/C16H24O3Si/c1-13(16(17)18-2)15(19-20(3,4)5)12-11-14-9-7-6-8-10-14/h6-13,15H,1-5H3/b12-11+. The van der Waals surface area contributed by atoms with Crippen LogP contribution in [0.3, 0.4) is 0 Å². The SMILES string of the molecule is COC(=O)C(C)C(/C=C/c1ccccc1)O[Si](C)(C)C. The summed E-state index contributed by atoms with van der Waals surface area (Å²) in [6.45, 7) is 8.17. The van der Waals surface area contributed by atoms with Gasteiger partial charge in [-0.25, -0.2) is 0 Å². The summed E-state index contributed by atoms with van der Waals surface area (Å²) in [5.74, 6) is -0.558. The monoisotopic (exact) mass is 292 g/mol. The van der Waals surface area contributed by atoms with Gasteiger partial charge in [-0.05, 0) is 32.1 Å². The van der Waals surface area contributed by atoms with Crippen molar-refractivity contribution in [3.05, 3.63) is 42.0 Å². The number of hydrogen-bond donors (Lipinski definition) is 0. The highest BCUT2D eigenvalue weighted by atomic mass is 28.4. The molecule has 0 aliphatic carbocycles. The molecule has 3 nitrogen and oxygen atoms in total. The van der Waals surface area contributed by atoms with Crippen molar-refractivity contribution in [1.29, 1.82) is 0 Å². The Labute approximate surface area is 122 Å². The Morgan fingerprint density at radius 3 is 2.30 bits per heavy atom. The number of rotatable bonds is 6. The molecule has 4 heteroatoms. The van der Waals surface area contributed by atoms with Crippen molar-refractivity contribution in [1.82, 2.24) is 0 Å². The van der Waals surface area contributed by atoms with Gasteiger partial charge in [0.1, 0.15) is 0 Å². The number of benzene rings is 1. The van der Waals surface area contributed by atoms with Gasteiger partial charge in [0.25, 0.3) is 0 Å². The Balaban J connectivity index is 2.87. The third kappa shape index (κ3) is 5.71. The molecule has 1 aromatic carbocycles. The minimum atomic E-state index is -1.74. The van der Waals surface area contributed by atoms with Crippen LogP contribution in [0.15, 0.2) is 36.4 Å². The zero-order valence-electron chi connectivity index (χ0n) is 12.9. The molecule has 0 bridgehead atoms. The molecular formula is C16H24O3Si. The fourth-order valence-electron chi connectivity index (χ4n) is 1.81. The lowest BCUT2D eigenvalue weighted by atomic mass is 10.0. The maximum Gasteiger partial charge on any atom is 0.311 e. The molecule has 1 aromatic rings. The van der Waals surface area contributed by atoms with Gasteiger partial charge >= 0.3 is 5.97 Å². The van der Waals surface area contributed by atoms with Crippen LogP contribution in [-0.4, -0.2) is 27.5 Å². The first-order valence-electron chi connectivity index (χ1n) is 6.82. The summed E-state index contributed by atoms with van der Waals surface area (Å²) in [7, 11) is -0.331. The lowest BCUT2D eigenvalue weighted by Crippen LogP contribution is -2.37. The first-order chi connectivity index (χ1) is 9.33. The van der Waals surface area contributed by atoms with Crippen LogP contribution in [0.1, 0.15) is 12.5 Å². The van der Waals surface area contributed by atoms with E-state index in [1.165, 1.54) is 7.11 Å². The van der Waals surface area contributed by atoms with Gasteiger partial charge in [-0.15, -0.1) is 0 Å². The second kappa shape index (κ2) is 7.41. The Kier molecular flexibility index (Phi) is 6.17. The second-order valence-electron chi connectivity index (χ2n) is 5.78. The summed E-state index contributed by atoms with van der Waals surface area (Å²) in [6.07, 6.45) is 3.69. The van der Waals surface area contributed by atoms with Gasteiger partial charge in [0.15, 0.2) is 8.32 Å². The molecule has 0 radical (unpaired) electrons. The zero-order valence-corrected chi connectivity index (χ0v) is 13.9. The van der Waals surface area contributed by atoms with Crippen molar-refractivity contribution in [3.8, 4) is 0 Å². The van der Waals surface area contributed by atoms with Crippen LogP contribution in [0.5, 0.6) is 0 Å². The van der Waals surface area contributed by atoms with Crippen LogP contribution in [0.2, 0.25) is 19.6 Å². The minimum Gasteiger partial charge on any atom is -0.469 e. The third-order valence-corrected chi connectivity index (χ3v) is 3.81. The third-order valence-electron chi connectivity index (χ3n) is 2.83. The minimum absolute atomic E-state index is 0.244. The predicted octanol–water partition coefficient (Wildman–Crippen LogP) is 3.73. The molecule has 0 aliphatic heterocycles. The van der Waals surface area contributed by atoms with Gasteiger partial charge in [-0.3, -0.25) is 4.79 Å². The normalized spacial score (nSPS) is 15.1. The molecule has 0 fully saturated rings. The Hall–Kier alpha value is -1.39. The number of carbonyl (C=O) groups excluding carboxylic acids is 1. The van der Waals surface area contributed by atoms with E-state index in [0.29, 0.717) is 0 Å². The summed E-state index contributed by atoms with van der Waals surface area (Å²) < 4.78 is 10.9. The van der Waals surface area contributed by atoms with E-state index >= 15 is 0 Å². The molecule has 0 aliphatic rings. The smallest absolute Gasteiger partial charge is 0.311 e. The highest BCUT2D eigenvalue weighted by Gasteiger charge is 2.28. The van der Waals surface area contributed by atoms with Gasteiger partial charge in [0.05, 0.1) is 19.1 Å². The van der Waals surface area contributed by atoms with E-state index in [-0.39, 0.29) is 18.0 Å². The molecule has 2 atom stereocenters. The van der Waals surface area contributed by atoms with Gasteiger partial charge < -0.3 is 9.16 Å². The van der Waals surface area contributed by atoms with E-state index in [0.717, 1.165) is 5.56 Å². The Morgan fingerprint density at radius 1 is 1.20 bits per heavy atom. The first-order valence-corrected chi connectivity index (χ1v) is 10.2. The average Bonchev–Trinajstić information content (AvgIpc) is 2.41. The molecule has 0 heterocycles. The van der Waals surface area contributed by atoms with Crippen LogP contribution in [0.25, 0.3) is 6.08 Å². The molecule has 0 aromatic heterocycles. The van der Waals surface area contributed by atoms with E-state index < -0.39 is 8.32 Å². The van der Waals surface area contributed by atoms with Crippen molar-refractivity contribution in [2.24, 2.45) is 5.92 Å². The van der Waals surface area contributed by atoms with Crippen LogP contribution in [0, 0.1) is 5.92 Å². The summed E-state index contributed by atoms with van der Waals surface area (Å²) in [5, 5.41) is 0. The maximum atomic E-state index is 11.7. The first kappa shape index (κ1) is 16.7. The predicted molar refractivity (Wildman–Crippen MR) is 84.9 cm³/mol. The van der Waals surface area contributed by atoms with E-state index in [1.807, 2.05) is 49.4 Å². The van der Waals surface area contributed by atoms with Crippen LogP contribution in [0.4, 0.5) is 0 Å². The maximum absolute atomic E-state index is 11.7. The summed E-state index contributed by atoms with van der Waals surface area (Å²) >= 11 is 0. The molecule has 0 saturated carbocycles. The largest absolute Gasteiger partial charge is 0.469 e. The Bertz CT molecular complexity index is 449. The van der Waals surface area contributed by atoms with Crippen molar-refractivity contribution in [3.63, 3.8) is 0 Å². The van der Waals surface area contributed by atoms with Crippen molar-refractivity contribution >= 4 is 20.4 Å². The summed E-state index contributed by atoms with van der Waals surface area (Å²) in [5.41, 5.74) is 1.09. The average molecular weight is 292 g/mol. The fraction of sp³-hybridized carbons (Fsp3) is 0.438. The number of hydrogen-bond acceptors (Lipinski definition) is 3. The fourth-order valence-corrected chi connectivity index (χ4v) is 2.91. The molecule has 0 spiro atoms. The number of methoxy groups -OCH3 is 1. The highest BCUT2D eigenvalue weighted by molar-refractivity contribution is 6.69. The molecular weight excluding hydrogens is 268 g/mol. The number of esters is 1. The molecule has 110 valence electrons. The number of ether oxygens (including phenoxy) is 1. The number of carbonyl (C=O) groups is 1. The van der Waals surface area contributed by atoms with E-state index in [2.05, 4.69) is 19.6 Å². The molecule has 1 rings (SSSR count). The molecule has 0 N–H and O–H groups in total. The van der Waals surface area contributed by atoms with Crippen LogP contribution >= 0.6 is 0 Å². The summed E-state index contributed by atoms with van der Waals surface area (Å²) in [6, 6.07) is 9.98. The quantitative estimate of drug-likeness (QED) is 0.592. The van der Waals surface area contributed by atoms with Crippen LogP contribution < -0.4 is 0 Å². The second-order valence-corrected chi connectivity index (χ2v) is 10.2. The lowest BCUT2D eigenvalue weighted by Gasteiger charge is -2.27. The van der Waals surface area contributed by atoms with E-state index in [1.54, 1.807) is 0 Å². The van der Waals surface area contributed by atoms with Gasteiger partial charge in [-0.1, -0.05) is 42.5 Å².